The van der Waals surface area contributed by atoms with Gasteiger partial charge in [-0.05, 0) is 29.3 Å². The molecule has 86 valence electrons. The molecule has 2 nitrogen and oxygen atoms in total. The lowest BCUT2D eigenvalue weighted by Crippen LogP contribution is -2.13. The van der Waals surface area contributed by atoms with E-state index in [1.54, 1.807) is 6.07 Å². The summed E-state index contributed by atoms with van der Waals surface area (Å²) in [6.45, 7) is 0.779. The van der Waals surface area contributed by atoms with Crippen LogP contribution in [0.15, 0.2) is 42.5 Å². The molecule has 0 saturated heterocycles. The monoisotopic (exact) mass is 245 g/mol. The Kier molecular flexibility index (Phi) is 2.54. The van der Waals surface area contributed by atoms with E-state index in [0.717, 1.165) is 23.2 Å². The van der Waals surface area contributed by atoms with Crippen molar-refractivity contribution in [3.05, 3.63) is 64.2 Å². The van der Waals surface area contributed by atoms with Gasteiger partial charge in [-0.1, -0.05) is 35.9 Å². The second kappa shape index (κ2) is 4.06. The van der Waals surface area contributed by atoms with Gasteiger partial charge in [0.1, 0.15) is 5.75 Å². The number of aromatic hydroxyl groups is 1. The van der Waals surface area contributed by atoms with Gasteiger partial charge < -0.3 is 10.4 Å². The average molecular weight is 246 g/mol. The van der Waals surface area contributed by atoms with Crippen molar-refractivity contribution in [3.63, 3.8) is 0 Å². The topological polar surface area (TPSA) is 32.3 Å². The summed E-state index contributed by atoms with van der Waals surface area (Å²) in [6, 6.07) is 13.4. The van der Waals surface area contributed by atoms with Crippen molar-refractivity contribution in [2.75, 3.05) is 0 Å². The second-order valence-corrected chi connectivity index (χ2v) is 4.66. The van der Waals surface area contributed by atoms with Crippen LogP contribution in [0.4, 0.5) is 0 Å². The molecule has 1 unspecified atom stereocenters. The Morgan fingerprint density at radius 1 is 1.18 bits per heavy atom. The molecule has 0 amide bonds. The molecule has 17 heavy (non-hydrogen) atoms. The third kappa shape index (κ3) is 1.79. The summed E-state index contributed by atoms with van der Waals surface area (Å²) in [5.74, 6) is 0.345. The number of nitrogens with one attached hydrogen (secondary N) is 1. The van der Waals surface area contributed by atoms with E-state index in [1.165, 1.54) is 0 Å². The maximum absolute atomic E-state index is 9.96. The molecule has 1 atom stereocenters. The Bertz CT molecular complexity index is 568. The summed E-state index contributed by atoms with van der Waals surface area (Å²) in [6.07, 6.45) is 0. The van der Waals surface area contributed by atoms with Gasteiger partial charge in [0, 0.05) is 17.1 Å². The summed E-state index contributed by atoms with van der Waals surface area (Å²) >= 11 is 6.00. The zero-order valence-corrected chi connectivity index (χ0v) is 9.91. The predicted octanol–water partition coefficient (Wildman–Crippen LogP) is 3.24. The van der Waals surface area contributed by atoms with Gasteiger partial charge in [-0.2, -0.15) is 0 Å². The van der Waals surface area contributed by atoms with Crippen LogP contribution < -0.4 is 5.32 Å². The molecule has 2 aromatic rings. The minimum atomic E-state index is 0.0323. The Balaban J connectivity index is 2.09. The quantitative estimate of drug-likeness (QED) is 0.809. The van der Waals surface area contributed by atoms with E-state index in [-0.39, 0.29) is 6.04 Å². The number of hydrogen-bond donors (Lipinski definition) is 2. The smallest absolute Gasteiger partial charge is 0.121 e. The van der Waals surface area contributed by atoms with E-state index in [9.17, 15) is 5.11 Å². The lowest BCUT2D eigenvalue weighted by atomic mass is 9.98. The molecule has 2 N–H and O–H groups in total. The van der Waals surface area contributed by atoms with Crippen LogP contribution in [0.3, 0.4) is 0 Å². The number of fused-ring (bicyclic) bond motifs is 1. The van der Waals surface area contributed by atoms with Crippen LogP contribution >= 0.6 is 11.6 Å². The highest BCUT2D eigenvalue weighted by molar-refractivity contribution is 6.30. The summed E-state index contributed by atoms with van der Waals surface area (Å²) in [7, 11) is 0. The van der Waals surface area contributed by atoms with E-state index in [2.05, 4.69) is 5.32 Å². The standard InChI is InChI=1S/C14H12ClNO/c15-11-5-1-3-9(7-11)14-13-10(8-16-14)4-2-6-12(13)17/h1-7,14,16-17H,8H2. The van der Waals surface area contributed by atoms with Crippen LogP contribution in [0.1, 0.15) is 22.7 Å². The zero-order valence-electron chi connectivity index (χ0n) is 9.15. The van der Waals surface area contributed by atoms with Gasteiger partial charge in [-0.15, -0.1) is 0 Å². The van der Waals surface area contributed by atoms with Crippen molar-refractivity contribution in [1.82, 2.24) is 5.32 Å². The van der Waals surface area contributed by atoms with Gasteiger partial charge in [-0.25, -0.2) is 0 Å². The van der Waals surface area contributed by atoms with E-state index >= 15 is 0 Å². The number of phenolic OH excluding ortho intramolecular Hbond substituents is 1. The number of halogens is 1. The van der Waals surface area contributed by atoms with Crippen molar-refractivity contribution in [1.29, 1.82) is 0 Å². The van der Waals surface area contributed by atoms with Gasteiger partial charge in [0.15, 0.2) is 0 Å². The van der Waals surface area contributed by atoms with E-state index in [0.29, 0.717) is 10.8 Å². The highest BCUT2D eigenvalue weighted by atomic mass is 35.5. The maximum atomic E-state index is 9.96. The SMILES string of the molecule is Oc1cccc2c1C(c1cccc(Cl)c1)NC2. The molecule has 1 aliphatic heterocycles. The zero-order chi connectivity index (χ0) is 11.8. The first-order chi connectivity index (χ1) is 8.25. The normalized spacial score (nSPS) is 18.1. The van der Waals surface area contributed by atoms with Crippen LogP contribution in [0.5, 0.6) is 5.75 Å². The summed E-state index contributed by atoms with van der Waals surface area (Å²) in [5.41, 5.74) is 3.20. The molecule has 0 saturated carbocycles. The van der Waals surface area contributed by atoms with Gasteiger partial charge in [0.25, 0.3) is 0 Å². The Hall–Kier alpha value is -1.51. The van der Waals surface area contributed by atoms with Gasteiger partial charge >= 0.3 is 0 Å². The van der Waals surface area contributed by atoms with Crippen molar-refractivity contribution in [2.24, 2.45) is 0 Å². The minimum absolute atomic E-state index is 0.0323. The largest absolute Gasteiger partial charge is 0.508 e. The predicted molar refractivity (Wildman–Crippen MR) is 68.2 cm³/mol. The first-order valence-electron chi connectivity index (χ1n) is 5.55. The number of phenols is 1. The number of hydrogen-bond acceptors (Lipinski definition) is 2. The summed E-state index contributed by atoms with van der Waals surface area (Å²) in [5, 5.41) is 14.1. The second-order valence-electron chi connectivity index (χ2n) is 4.22. The van der Waals surface area contributed by atoms with Gasteiger partial charge in [0.2, 0.25) is 0 Å². The molecule has 2 aromatic carbocycles. The lowest BCUT2D eigenvalue weighted by molar-refractivity contribution is 0.464. The van der Waals surface area contributed by atoms with Gasteiger partial charge in [0.05, 0.1) is 6.04 Å². The molecule has 0 fully saturated rings. The van der Waals surface area contributed by atoms with Crippen LogP contribution in [-0.2, 0) is 6.54 Å². The lowest BCUT2D eigenvalue weighted by Gasteiger charge is -2.14. The van der Waals surface area contributed by atoms with Crippen molar-refractivity contribution >= 4 is 11.6 Å². The highest BCUT2D eigenvalue weighted by Gasteiger charge is 2.26. The molecule has 0 spiro atoms. The fourth-order valence-electron chi connectivity index (χ4n) is 2.37. The molecule has 0 bridgehead atoms. The Morgan fingerprint density at radius 3 is 2.82 bits per heavy atom. The molecule has 0 aromatic heterocycles. The average Bonchev–Trinajstić information content (AvgIpc) is 2.74. The molecule has 1 aliphatic rings. The number of benzene rings is 2. The maximum Gasteiger partial charge on any atom is 0.121 e. The number of rotatable bonds is 1. The van der Waals surface area contributed by atoms with E-state index < -0.39 is 0 Å². The molecular weight excluding hydrogens is 234 g/mol. The Morgan fingerprint density at radius 2 is 2.00 bits per heavy atom. The van der Waals surface area contributed by atoms with Crippen LogP contribution in [-0.4, -0.2) is 5.11 Å². The first kappa shape index (κ1) is 10.6. The highest BCUT2D eigenvalue weighted by Crippen LogP contribution is 2.37. The first-order valence-corrected chi connectivity index (χ1v) is 5.93. The fourth-order valence-corrected chi connectivity index (χ4v) is 2.57. The molecule has 0 radical (unpaired) electrons. The van der Waals surface area contributed by atoms with E-state index in [1.807, 2.05) is 36.4 Å². The summed E-state index contributed by atoms with van der Waals surface area (Å²) in [4.78, 5) is 0. The fraction of sp³-hybridized carbons (Fsp3) is 0.143. The van der Waals surface area contributed by atoms with E-state index in [4.69, 9.17) is 11.6 Å². The van der Waals surface area contributed by atoms with Crippen molar-refractivity contribution < 1.29 is 5.11 Å². The molecular formula is C14H12ClNO. The minimum Gasteiger partial charge on any atom is -0.508 e. The summed E-state index contributed by atoms with van der Waals surface area (Å²) < 4.78 is 0. The van der Waals surface area contributed by atoms with Crippen LogP contribution in [0.25, 0.3) is 0 Å². The van der Waals surface area contributed by atoms with Crippen molar-refractivity contribution in [2.45, 2.75) is 12.6 Å². The molecule has 0 aliphatic carbocycles. The molecule has 1 heterocycles. The Labute approximate surface area is 105 Å². The van der Waals surface area contributed by atoms with Gasteiger partial charge in [-0.3, -0.25) is 0 Å². The third-order valence-corrected chi connectivity index (χ3v) is 3.38. The molecule has 3 heteroatoms. The van der Waals surface area contributed by atoms with Crippen molar-refractivity contribution in [3.8, 4) is 5.75 Å². The third-order valence-electron chi connectivity index (χ3n) is 3.14. The molecule has 3 rings (SSSR count). The van der Waals surface area contributed by atoms with Crippen LogP contribution in [0.2, 0.25) is 5.02 Å². The van der Waals surface area contributed by atoms with Crippen LogP contribution in [0, 0.1) is 0 Å².